The average molecular weight is 356 g/mol. The van der Waals surface area contributed by atoms with Crippen molar-refractivity contribution in [3.05, 3.63) is 53.7 Å². The number of nitrogens with zero attached hydrogens (tertiary/aromatic N) is 1. The molecule has 0 atom stereocenters. The van der Waals surface area contributed by atoms with Crippen molar-refractivity contribution in [2.24, 2.45) is 0 Å². The molecule has 0 amide bonds. The molecule has 25 heavy (non-hydrogen) atoms. The van der Waals surface area contributed by atoms with Gasteiger partial charge in [-0.1, -0.05) is 31.0 Å². The van der Waals surface area contributed by atoms with E-state index >= 15 is 0 Å². The predicted octanol–water partition coefficient (Wildman–Crippen LogP) is 4.54. The maximum Gasteiger partial charge on any atom is 0.172 e. The van der Waals surface area contributed by atoms with Gasteiger partial charge in [-0.15, -0.1) is 0 Å². The Kier molecular flexibility index (Phi) is 5.53. The summed E-state index contributed by atoms with van der Waals surface area (Å²) in [7, 11) is 0. The van der Waals surface area contributed by atoms with E-state index < -0.39 is 0 Å². The summed E-state index contributed by atoms with van der Waals surface area (Å²) in [5.74, 6) is 1.71. The lowest BCUT2D eigenvalue weighted by Crippen LogP contribution is -2.45. The van der Waals surface area contributed by atoms with Gasteiger partial charge in [0.2, 0.25) is 0 Å². The maximum absolute atomic E-state index is 5.58. The highest BCUT2D eigenvalue weighted by molar-refractivity contribution is 7.80. The van der Waals surface area contributed by atoms with Crippen LogP contribution in [0, 0.1) is 6.92 Å². The van der Waals surface area contributed by atoms with Crippen molar-refractivity contribution < 1.29 is 4.74 Å². The van der Waals surface area contributed by atoms with E-state index in [1.54, 1.807) is 6.20 Å². The molecule has 1 aliphatic rings. The Labute approximate surface area is 155 Å². The molecule has 1 aromatic carbocycles. The quantitative estimate of drug-likeness (QED) is 0.771. The molecule has 5 heteroatoms. The Morgan fingerprint density at radius 3 is 2.56 bits per heavy atom. The first kappa shape index (κ1) is 17.7. The molecule has 1 saturated carbocycles. The van der Waals surface area contributed by atoms with Crippen LogP contribution < -0.4 is 15.4 Å². The largest absolute Gasteiger partial charge is 0.494 e. The number of benzene rings is 1. The summed E-state index contributed by atoms with van der Waals surface area (Å²) in [5, 5.41) is 7.45. The van der Waals surface area contributed by atoms with Gasteiger partial charge in [0.15, 0.2) is 5.11 Å². The maximum atomic E-state index is 5.58. The van der Waals surface area contributed by atoms with Crippen LogP contribution in [0.5, 0.6) is 5.75 Å². The van der Waals surface area contributed by atoms with Gasteiger partial charge >= 0.3 is 0 Å². The molecule has 1 fully saturated rings. The minimum atomic E-state index is -0.114. The van der Waals surface area contributed by atoms with Crippen LogP contribution in [0.4, 0.5) is 5.82 Å². The van der Waals surface area contributed by atoms with Gasteiger partial charge in [-0.3, -0.25) is 0 Å². The molecular formula is C20H25N3OS. The first-order valence-electron chi connectivity index (χ1n) is 8.87. The smallest absolute Gasteiger partial charge is 0.172 e. The number of aromatic nitrogens is 1. The number of aryl methyl sites for hydroxylation is 1. The van der Waals surface area contributed by atoms with Crippen molar-refractivity contribution in [1.82, 2.24) is 10.3 Å². The van der Waals surface area contributed by atoms with Crippen molar-refractivity contribution in [2.45, 2.75) is 45.1 Å². The monoisotopic (exact) mass is 355 g/mol. The molecule has 3 rings (SSSR count). The van der Waals surface area contributed by atoms with Crippen molar-refractivity contribution in [1.29, 1.82) is 0 Å². The molecule has 2 aromatic rings. The number of nitrogens with one attached hydrogen (secondary N) is 2. The minimum Gasteiger partial charge on any atom is -0.494 e. The summed E-state index contributed by atoms with van der Waals surface area (Å²) in [4.78, 5) is 4.37. The van der Waals surface area contributed by atoms with Crippen molar-refractivity contribution in [3.8, 4) is 5.75 Å². The SMILES string of the molecule is CCOc1ccc(C2(NC(=S)Nc3ncccc3C)CCCC2)cc1. The number of thiocarbonyl (C=S) groups is 1. The molecule has 0 bridgehead atoms. The standard InChI is InChI=1S/C20H25N3OS/c1-3-24-17-10-8-16(9-11-17)20(12-4-5-13-20)23-19(25)22-18-15(2)7-6-14-21-18/h6-11,14H,3-5,12-13H2,1-2H3,(H2,21,22,23,25). The number of anilines is 1. The summed E-state index contributed by atoms with van der Waals surface area (Å²) < 4.78 is 5.56. The van der Waals surface area contributed by atoms with Crippen LogP contribution in [-0.4, -0.2) is 16.7 Å². The topological polar surface area (TPSA) is 46.2 Å². The Hall–Kier alpha value is -2.14. The molecule has 132 valence electrons. The van der Waals surface area contributed by atoms with E-state index in [1.807, 2.05) is 38.1 Å². The normalized spacial score (nSPS) is 15.6. The molecule has 4 nitrogen and oxygen atoms in total. The van der Waals surface area contributed by atoms with E-state index in [-0.39, 0.29) is 5.54 Å². The van der Waals surface area contributed by atoms with Crippen LogP contribution in [0.1, 0.15) is 43.7 Å². The van der Waals surface area contributed by atoms with Gasteiger partial charge in [0.1, 0.15) is 11.6 Å². The van der Waals surface area contributed by atoms with Gasteiger partial charge in [-0.2, -0.15) is 0 Å². The van der Waals surface area contributed by atoms with Crippen LogP contribution in [0.3, 0.4) is 0 Å². The van der Waals surface area contributed by atoms with E-state index in [2.05, 4.69) is 27.8 Å². The predicted molar refractivity (Wildman–Crippen MR) is 106 cm³/mol. The second-order valence-corrected chi connectivity index (χ2v) is 6.90. The molecule has 0 saturated heterocycles. The fourth-order valence-corrected chi connectivity index (χ4v) is 3.77. The van der Waals surface area contributed by atoms with Gasteiger partial charge in [-0.25, -0.2) is 4.98 Å². The third kappa shape index (κ3) is 4.10. The number of ether oxygens (including phenoxy) is 1. The van der Waals surface area contributed by atoms with Gasteiger partial charge < -0.3 is 15.4 Å². The van der Waals surface area contributed by atoms with Crippen LogP contribution in [0.15, 0.2) is 42.6 Å². The van der Waals surface area contributed by atoms with E-state index in [9.17, 15) is 0 Å². The van der Waals surface area contributed by atoms with E-state index in [4.69, 9.17) is 17.0 Å². The first-order valence-corrected chi connectivity index (χ1v) is 9.28. The van der Waals surface area contributed by atoms with Crippen LogP contribution in [0.25, 0.3) is 0 Å². The van der Waals surface area contributed by atoms with Crippen LogP contribution in [-0.2, 0) is 5.54 Å². The number of rotatable bonds is 5. The molecule has 0 spiro atoms. The zero-order valence-corrected chi connectivity index (χ0v) is 15.7. The van der Waals surface area contributed by atoms with Gasteiger partial charge in [0.25, 0.3) is 0 Å². The Bertz CT molecular complexity index is 724. The summed E-state index contributed by atoms with van der Waals surface area (Å²) in [6.07, 6.45) is 6.32. The summed E-state index contributed by atoms with van der Waals surface area (Å²) in [6, 6.07) is 12.3. The minimum absolute atomic E-state index is 0.114. The van der Waals surface area contributed by atoms with Crippen LogP contribution in [0.2, 0.25) is 0 Å². The Morgan fingerprint density at radius 1 is 1.20 bits per heavy atom. The lowest BCUT2D eigenvalue weighted by Gasteiger charge is -2.32. The fourth-order valence-electron chi connectivity index (χ4n) is 3.47. The highest BCUT2D eigenvalue weighted by Gasteiger charge is 2.36. The average Bonchev–Trinajstić information content (AvgIpc) is 3.07. The van der Waals surface area contributed by atoms with Gasteiger partial charge in [0, 0.05) is 6.20 Å². The summed E-state index contributed by atoms with van der Waals surface area (Å²) in [6.45, 7) is 4.70. The summed E-state index contributed by atoms with van der Waals surface area (Å²) >= 11 is 5.58. The third-order valence-electron chi connectivity index (χ3n) is 4.77. The zero-order valence-electron chi connectivity index (χ0n) is 14.8. The van der Waals surface area contributed by atoms with Gasteiger partial charge in [-0.05, 0) is 68.2 Å². The van der Waals surface area contributed by atoms with Gasteiger partial charge in [0.05, 0.1) is 12.1 Å². The molecule has 1 aliphatic carbocycles. The molecule has 0 radical (unpaired) electrons. The molecule has 0 unspecified atom stereocenters. The van der Waals surface area contributed by atoms with Crippen molar-refractivity contribution >= 4 is 23.1 Å². The molecule has 0 aliphatic heterocycles. The summed E-state index contributed by atoms with van der Waals surface area (Å²) in [5.41, 5.74) is 2.22. The van der Waals surface area contributed by atoms with E-state index in [1.165, 1.54) is 18.4 Å². The highest BCUT2D eigenvalue weighted by Crippen LogP contribution is 2.39. The number of hydrogen-bond acceptors (Lipinski definition) is 3. The number of pyridine rings is 1. The van der Waals surface area contributed by atoms with E-state index in [0.29, 0.717) is 11.7 Å². The second-order valence-electron chi connectivity index (χ2n) is 6.49. The van der Waals surface area contributed by atoms with Crippen molar-refractivity contribution in [2.75, 3.05) is 11.9 Å². The Morgan fingerprint density at radius 2 is 1.92 bits per heavy atom. The van der Waals surface area contributed by atoms with E-state index in [0.717, 1.165) is 30.0 Å². The van der Waals surface area contributed by atoms with Crippen molar-refractivity contribution in [3.63, 3.8) is 0 Å². The molecule has 1 heterocycles. The Balaban J connectivity index is 1.76. The second kappa shape index (κ2) is 7.83. The third-order valence-corrected chi connectivity index (χ3v) is 4.97. The van der Waals surface area contributed by atoms with Crippen LogP contribution >= 0.6 is 12.2 Å². The lowest BCUT2D eigenvalue weighted by atomic mass is 9.88. The fraction of sp³-hybridized carbons (Fsp3) is 0.400. The highest BCUT2D eigenvalue weighted by atomic mass is 32.1. The molecular weight excluding hydrogens is 330 g/mol. The first-order chi connectivity index (χ1) is 12.1. The molecule has 1 aromatic heterocycles. The molecule has 2 N–H and O–H groups in total. The number of hydrogen-bond donors (Lipinski definition) is 2. The zero-order chi connectivity index (χ0) is 17.7. The lowest BCUT2D eigenvalue weighted by molar-refractivity contribution is 0.339.